The summed E-state index contributed by atoms with van der Waals surface area (Å²) in [7, 11) is 0. The number of aromatic nitrogens is 2. The second-order valence-electron chi connectivity index (χ2n) is 6.66. The zero-order valence-electron chi connectivity index (χ0n) is 14.3. The van der Waals surface area contributed by atoms with Crippen molar-refractivity contribution in [3.63, 3.8) is 0 Å². The predicted octanol–water partition coefficient (Wildman–Crippen LogP) is 3.68. The van der Waals surface area contributed by atoms with Crippen LogP contribution in [0, 0.1) is 0 Å². The average Bonchev–Trinajstić information content (AvgIpc) is 2.96. The molecule has 1 aromatic carbocycles. The van der Waals surface area contributed by atoms with Gasteiger partial charge in [0, 0.05) is 23.9 Å². The molecule has 0 atom stereocenters. The van der Waals surface area contributed by atoms with Gasteiger partial charge in [0.1, 0.15) is 0 Å². The molecule has 134 valence electrons. The second-order valence-corrected chi connectivity index (χ2v) is 7.07. The number of aryl methyl sites for hydroxylation is 1. The molecule has 0 radical (unpaired) electrons. The molecular formula is C17H20ClN3O4. The Morgan fingerprint density at radius 3 is 2.60 bits per heavy atom. The van der Waals surface area contributed by atoms with Crippen LogP contribution in [0.2, 0.25) is 5.02 Å². The van der Waals surface area contributed by atoms with Crippen LogP contribution in [0.15, 0.2) is 22.7 Å². The van der Waals surface area contributed by atoms with Crippen molar-refractivity contribution in [1.82, 2.24) is 10.1 Å². The quantitative estimate of drug-likeness (QED) is 0.808. The van der Waals surface area contributed by atoms with Gasteiger partial charge in [-0.05, 0) is 24.6 Å². The van der Waals surface area contributed by atoms with E-state index in [1.807, 2.05) is 20.8 Å². The fourth-order valence-corrected chi connectivity index (χ4v) is 2.31. The zero-order chi connectivity index (χ0) is 18.6. The van der Waals surface area contributed by atoms with Gasteiger partial charge in [-0.15, -0.1) is 0 Å². The van der Waals surface area contributed by atoms with Crippen molar-refractivity contribution in [2.24, 2.45) is 0 Å². The molecule has 0 spiro atoms. The Hall–Kier alpha value is -2.41. The molecule has 0 saturated carbocycles. The fraction of sp³-hybridized carbons (Fsp3) is 0.412. The SMILES string of the molecule is CC(C)(C)c1noc(CCCC(=O)Nc2ccc(C(=O)O)c(Cl)c2)n1. The van der Waals surface area contributed by atoms with Crippen molar-refractivity contribution >= 4 is 29.2 Å². The Morgan fingerprint density at radius 1 is 1.32 bits per heavy atom. The van der Waals surface area contributed by atoms with E-state index in [2.05, 4.69) is 15.5 Å². The number of hydrogen-bond donors (Lipinski definition) is 2. The maximum Gasteiger partial charge on any atom is 0.337 e. The lowest BCUT2D eigenvalue weighted by Gasteiger charge is -2.10. The number of aromatic carboxylic acids is 1. The lowest BCUT2D eigenvalue weighted by atomic mass is 9.96. The molecule has 1 aromatic heterocycles. The summed E-state index contributed by atoms with van der Waals surface area (Å²) in [5.74, 6) is -0.168. The van der Waals surface area contributed by atoms with Crippen LogP contribution in [-0.4, -0.2) is 27.1 Å². The van der Waals surface area contributed by atoms with Crippen molar-refractivity contribution in [2.75, 3.05) is 5.32 Å². The molecule has 2 rings (SSSR count). The Bertz CT molecular complexity index is 780. The number of anilines is 1. The molecule has 0 aliphatic rings. The van der Waals surface area contributed by atoms with E-state index in [9.17, 15) is 9.59 Å². The maximum atomic E-state index is 12.0. The largest absolute Gasteiger partial charge is 0.478 e. The summed E-state index contributed by atoms with van der Waals surface area (Å²) < 4.78 is 5.18. The number of amides is 1. The highest BCUT2D eigenvalue weighted by Gasteiger charge is 2.20. The summed E-state index contributed by atoms with van der Waals surface area (Å²) in [6.07, 6.45) is 1.33. The monoisotopic (exact) mass is 365 g/mol. The van der Waals surface area contributed by atoms with Gasteiger partial charge in [-0.25, -0.2) is 4.79 Å². The first-order chi connectivity index (χ1) is 11.7. The number of nitrogens with zero attached hydrogens (tertiary/aromatic N) is 2. The van der Waals surface area contributed by atoms with E-state index in [0.717, 1.165) is 0 Å². The minimum Gasteiger partial charge on any atom is -0.478 e. The molecule has 1 heterocycles. The van der Waals surface area contributed by atoms with Crippen molar-refractivity contribution in [1.29, 1.82) is 0 Å². The fourth-order valence-electron chi connectivity index (χ4n) is 2.05. The van der Waals surface area contributed by atoms with Gasteiger partial charge < -0.3 is 14.9 Å². The molecule has 25 heavy (non-hydrogen) atoms. The van der Waals surface area contributed by atoms with E-state index in [1.54, 1.807) is 0 Å². The van der Waals surface area contributed by atoms with Crippen LogP contribution in [0.5, 0.6) is 0 Å². The number of halogens is 1. The standard InChI is InChI=1S/C17H20ClN3O4/c1-17(2,3)16-20-14(25-21-16)6-4-5-13(22)19-10-7-8-11(15(23)24)12(18)9-10/h7-9H,4-6H2,1-3H3,(H,19,22)(H,23,24). The first-order valence-corrected chi connectivity index (χ1v) is 8.20. The third kappa shape index (κ3) is 5.29. The summed E-state index contributed by atoms with van der Waals surface area (Å²) in [5.41, 5.74) is 0.263. The van der Waals surface area contributed by atoms with Crippen molar-refractivity contribution in [3.8, 4) is 0 Å². The van der Waals surface area contributed by atoms with E-state index >= 15 is 0 Å². The molecule has 0 fully saturated rings. The first kappa shape index (κ1) is 18.9. The molecule has 8 heteroatoms. The third-order valence-electron chi connectivity index (χ3n) is 3.42. The molecule has 2 aromatic rings. The van der Waals surface area contributed by atoms with Gasteiger partial charge in [0.15, 0.2) is 5.82 Å². The Labute approximate surface area is 150 Å². The number of carbonyl (C=O) groups is 2. The Morgan fingerprint density at radius 2 is 2.04 bits per heavy atom. The Kier molecular flexibility index (Phi) is 5.79. The van der Waals surface area contributed by atoms with Gasteiger partial charge in [0.2, 0.25) is 11.8 Å². The van der Waals surface area contributed by atoms with Crippen molar-refractivity contribution in [2.45, 2.75) is 45.4 Å². The van der Waals surface area contributed by atoms with Crippen LogP contribution >= 0.6 is 11.6 Å². The van der Waals surface area contributed by atoms with Gasteiger partial charge in [-0.1, -0.05) is 37.5 Å². The molecule has 0 saturated heterocycles. The van der Waals surface area contributed by atoms with E-state index in [4.69, 9.17) is 21.2 Å². The normalized spacial score (nSPS) is 11.4. The van der Waals surface area contributed by atoms with E-state index < -0.39 is 5.97 Å². The summed E-state index contributed by atoms with van der Waals surface area (Å²) in [4.78, 5) is 27.2. The highest BCUT2D eigenvalue weighted by atomic mass is 35.5. The molecule has 2 N–H and O–H groups in total. The smallest absolute Gasteiger partial charge is 0.337 e. The van der Waals surface area contributed by atoms with Gasteiger partial charge >= 0.3 is 5.97 Å². The number of benzene rings is 1. The number of rotatable bonds is 6. The van der Waals surface area contributed by atoms with Crippen LogP contribution in [-0.2, 0) is 16.6 Å². The highest BCUT2D eigenvalue weighted by molar-refractivity contribution is 6.33. The van der Waals surface area contributed by atoms with Gasteiger partial charge in [-0.2, -0.15) is 4.98 Å². The minimum absolute atomic E-state index is 0.00860. The van der Waals surface area contributed by atoms with Crippen LogP contribution in [0.1, 0.15) is 55.7 Å². The van der Waals surface area contributed by atoms with Gasteiger partial charge in [0.05, 0.1) is 10.6 Å². The summed E-state index contributed by atoms with van der Waals surface area (Å²) >= 11 is 5.87. The summed E-state index contributed by atoms with van der Waals surface area (Å²) in [6, 6.07) is 4.27. The van der Waals surface area contributed by atoms with Gasteiger partial charge in [0.25, 0.3) is 0 Å². The van der Waals surface area contributed by atoms with E-state index in [-0.39, 0.29) is 28.3 Å². The highest BCUT2D eigenvalue weighted by Crippen LogP contribution is 2.21. The van der Waals surface area contributed by atoms with E-state index in [0.29, 0.717) is 30.2 Å². The molecule has 0 aliphatic heterocycles. The molecule has 0 unspecified atom stereocenters. The molecule has 0 bridgehead atoms. The van der Waals surface area contributed by atoms with Crippen molar-refractivity contribution in [3.05, 3.63) is 40.5 Å². The number of carbonyl (C=O) groups excluding carboxylic acids is 1. The number of carboxylic acid groups (broad SMARTS) is 1. The molecule has 1 amide bonds. The first-order valence-electron chi connectivity index (χ1n) is 7.82. The number of carboxylic acids is 1. The lowest BCUT2D eigenvalue weighted by Crippen LogP contribution is -2.13. The zero-order valence-corrected chi connectivity index (χ0v) is 15.1. The van der Waals surface area contributed by atoms with Crippen LogP contribution < -0.4 is 5.32 Å². The average molecular weight is 366 g/mol. The minimum atomic E-state index is -1.11. The van der Waals surface area contributed by atoms with Crippen LogP contribution in [0.25, 0.3) is 0 Å². The maximum absolute atomic E-state index is 12.0. The lowest BCUT2D eigenvalue weighted by molar-refractivity contribution is -0.116. The van der Waals surface area contributed by atoms with Crippen LogP contribution in [0.4, 0.5) is 5.69 Å². The van der Waals surface area contributed by atoms with Crippen molar-refractivity contribution < 1.29 is 19.2 Å². The van der Waals surface area contributed by atoms with E-state index in [1.165, 1.54) is 18.2 Å². The topological polar surface area (TPSA) is 105 Å². The van der Waals surface area contributed by atoms with Gasteiger partial charge in [-0.3, -0.25) is 4.79 Å². The molecular weight excluding hydrogens is 346 g/mol. The summed E-state index contributed by atoms with van der Waals surface area (Å²) in [5, 5.41) is 15.6. The summed E-state index contributed by atoms with van der Waals surface area (Å²) in [6.45, 7) is 5.99. The predicted molar refractivity (Wildman–Crippen MR) is 93.0 cm³/mol. The molecule has 0 aliphatic carbocycles. The van der Waals surface area contributed by atoms with Crippen LogP contribution in [0.3, 0.4) is 0 Å². The Balaban J connectivity index is 1.84. The second kappa shape index (κ2) is 7.65. The molecule has 7 nitrogen and oxygen atoms in total. The number of nitrogens with one attached hydrogen (secondary N) is 1. The third-order valence-corrected chi connectivity index (χ3v) is 3.73. The number of hydrogen-bond acceptors (Lipinski definition) is 5.